The lowest BCUT2D eigenvalue weighted by Crippen LogP contribution is -2.53. The van der Waals surface area contributed by atoms with Gasteiger partial charge >= 0.3 is 12.2 Å². The van der Waals surface area contributed by atoms with E-state index in [0.717, 1.165) is 48.9 Å². The molecule has 1 spiro atoms. The highest BCUT2D eigenvalue weighted by molar-refractivity contribution is 5.88. The third-order valence-corrected chi connectivity index (χ3v) is 14.8. The first-order chi connectivity index (χ1) is 32.8. The normalized spacial score (nSPS) is 21.0. The summed E-state index contributed by atoms with van der Waals surface area (Å²) in [7, 11) is 2.55. The second-order valence-electron chi connectivity index (χ2n) is 19.3. The highest BCUT2D eigenvalue weighted by atomic mass is 19.3. The Bertz CT molecular complexity index is 2740. The van der Waals surface area contributed by atoms with Crippen molar-refractivity contribution in [3.8, 4) is 44.8 Å². The Morgan fingerprint density at radius 3 is 1.94 bits per heavy atom. The molecule has 0 unspecified atom stereocenters. The van der Waals surface area contributed by atoms with Crippen LogP contribution in [0.1, 0.15) is 93.7 Å². The molecule has 4 amide bonds. The number of benzene rings is 3. The molecular weight excluding hydrogens is 875 g/mol. The summed E-state index contributed by atoms with van der Waals surface area (Å²) in [6.07, 6.45) is 7.61. The molecule has 0 bridgehead atoms. The molecule has 356 valence electrons. The summed E-state index contributed by atoms with van der Waals surface area (Å²) in [5, 5.41) is 5.49. The number of hydrogen-bond acceptors (Lipinski definition) is 9. The van der Waals surface area contributed by atoms with Crippen LogP contribution in [0.25, 0.3) is 44.8 Å². The van der Waals surface area contributed by atoms with Crippen molar-refractivity contribution in [2.45, 2.75) is 88.9 Å². The first-order valence-corrected chi connectivity index (χ1v) is 23.5. The number of alkyl carbamates (subject to hydrolysis) is 2. The molecule has 5 aliphatic rings. The van der Waals surface area contributed by atoms with Gasteiger partial charge in [-0.15, -0.1) is 0 Å². The second-order valence-corrected chi connectivity index (χ2v) is 19.3. The Kier molecular flexibility index (Phi) is 11.8. The molecule has 1 saturated carbocycles. The number of methoxy groups -OCH3 is 2. The molecule has 3 saturated heterocycles. The van der Waals surface area contributed by atoms with Crippen LogP contribution in [0.2, 0.25) is 0 Å². The Morgan fingerprint density at radius 1 is 0.735 bits per heavy atom. The number of amides is 4. The standard InChI is InChI=1S/C51H56F2N8O7/c1-28(2)42(58-48(64)66-3)46(62)61-27-50(17-18-50)24-41(61)45-55-26-39(57-45)33-12-14-35-34-13-11-32(22-36(34)51(52,53)37(35)23-33)29-7-9-30(10-8-29)38-25-54-44(56-38)40-6-5-19-60(40)47(63)43(59-49(65)67-4)31-15-20-68-21-16-31/h7-14,22-23,25-26,28,31,40-43H,5-6,15-21,24,27H2,1-4H3,(H,54,56)(H,55,57)(H,58,64)(H,59,65)/t40-,41-,42-,43-/m0/s1. The van der Waals surface area contributed by atoms with Crippen LogP contribution in [0.3, 0.4) is 0 Å². The molecule has 4 atom stereocenters. The lowest BCUT2D eigenvalue weighted by atomic mass is 9.90. The number of likely N-dealkylation sites (tertiary alicyclic amines) is 2. The molecular formula is C51H56F2N8O7. The van der Waals surface area contributed by atoms with E-state index in [9.17, 15) is 19.2 Å². The van der Waals surface area contributed by atoms with Gasteiger partial charge < -0.3 is 44.6 Å². The van der Waals surface area contributed by atoms with Gasteiger partial charge in [-0.05, 0) is 102 Å². The third kappa shape index (κ3) is 8.28. The molecule has 17 heteroatoms. The molecule has 5 heterocycles. The van der Waals surface area contributed by atoms with Crippen molar-refractivity contribution in [3.63, 3.8) is 0 Å². The topological polar surface area (TPSA) is 184 Å². The van der Waals surface area contributed by atoms with Crippen molar-refractivity contribution in [1.29, 1.82) is 0 Å². The van der Waals surface area contributed by atoms with Gasteiger partial charge in [0.15, 0.2) is 0 Å². The Hall–Kier alpha value is -6.62. The van der Waals surface area contributed by atoms with Crippen molar-refractivity contribution in [3.05, 3.63) is 95.8 Å². The fraction of sp³-hybridized carbons (Fsp3) is 0.451. The highest BCUT2D eigenvalue weighted by Crippen LogP contribution is 2.59. The summed E-state index contributed by atoms with van der Waals surface area (Å²) < 4.78 is 48.4. The van der Waals surface area contributed by atoms with E-state index in [2.05, 4.69) is 20.6 Å². The molecule has 0 radical (unpaired) electrons. The Labute approximate surface area is 392 Å². The van der Waals surface area contributed by atoms with Crippen LogP contribution < -0.4 is 10.6 Å². The Morgan fingerprint density at radius 2 is 1.31 bits per heavy atom. The number of hydrogen-bond donors (Lipinski definition) is 4. The zero-order chi connectivity index (χ0) is 47.5. The van der Waals surface area contributed by atoms with Gasteiger partial charge in [-0.25, -0.2) is 19.6 Å². The third-order valence-electron chi connectivity index (χ3n) is 14.8. The van der Waals surface area contributed by atoms with Crippen molar-refractivity contribution in [1.82, 2.24) is 40.4 Å². The van der Waals surface area contributed by atoms with E-state index in [0.29, 0.717) is 78.7 Å². The maximum atomic E-state index is 16.6. The molecule has 3 aliphatic heterocycles. The quantitative estimate of drug-likeness (QED) is 0.101. The SMILES string of the molecule is COC(=O)N[C@H](C(=O)N1CC2(CC2)C[C@H]1c1ncc(-c2ccc3c(c2)C(F)(F)c2cc(-c4ccc(-c5cnc([C@@H]6CCCN6C(=O)[C@@H](NC(=O)OC)C6CCOCC6)[nH]5)cc4)ccc2-3)[nH]1)C(C)C. The Balaban J connectivity index is 0.839. The van der Waals surface area contributed by atoms with Crippen LogP contribution in [0.4, 0.5) is 18.4 Å². The number of aromatic amines is 2. The number of imidazole rings is 2. The maximum Gasteiger partial charge on any atom is 0.407 e. The molecule has 4 fully saturated rings. The van der Waals surface area contributed by atoms with Gasteiger partial charge in [0.1, 0.15) is 23.7 Å². The number of alkyl halides is 2. The first-order valence-electron chi connectivity index (χ1n) is 23.5. The monoisotopic (exact) mass is 930 g/mol. The fourth-order valence-electron chi connectivity index (χ4n) is 10.8. The number of fused-ring (bicyclic) bond motifs is 3. The summed E-state index contributed by atoms with van der Waals surface area (Å²) in [4.78, 5) is 72.2. The van der Waals surface area contributed by atoms with Crippen LogP contribution >= 0.6 is 0 Å². The summed E-state index contributed by atoms with van der Waals surface area (Å²) in [5.41, 5.74) is 4.94. The van der Waals surface area contributed by atoms with Gasteiger partial charge in [-0.2, -0.15) is 8.78 Å². The van der Waals surface area contributed by atoms with Gasteiger partial charge in [-0.1, -0.05) is 62.4 Å². The number of halogens is 2. The zero-order valence-corrected chi connectivity index (χ0v) is 38.6. The summed E-state index contributed by atoms with van der Waals surface area (Å²) >= 11 is 0. The highest BCUT2D eigenvalue weighted by Gasteiger charge is 2.55. The lowest BCUT2D eigenvalue weighted by Gasteiger charge is -2.34. The molecule has 5 aromatic rings. The van der Waals surface area contributed by atoms with E-state index in [-0.39, 0.29) is 52.3 Å². The van der Waals surface area contributed by atoms with Gasteiger partial charge in [0.2, 0.25) is 11.8 Å². The molecule has 10 rings (SSSR count). The predicted molar refractivity (Wildman–Crippen MR) is 247 cm³/mol. The van der Waals surface area contributed by atoms with Crippen molar-refractivity contribution in [2.24, 2.45) is 17.3 Å². The van der Waals surface area contributed by atoms with E-state index in [1.807, 2.05) is 50.2 Å². The van der Waals surface area contributed by atoms with Crippen LogP contribution in [0, 0.1) is 17.3 Å². The average Bonchev–Trinajstić information content (AvgIpc) is 3.96. The van der Waals surface area contributed by atoms with Gasteiger partial charge in [0, 0.05) is 43.0 Å². The van der Waals surface area contributed by atoms with E-state index in [1.165, 1.54) is 20.3 Å². The number of nitrogens with zero attached hydrogens (tertiary/aromatic N) is 4. The summed E-state index contributed by atoms with van der Waals surface area (Å²) in [6, 6.07) is 15.8. The number of nitrogens with one attached hydrogen (secondary N) is 4. The fourth-order valence-corrected chi connectivity index (χ4v) is 10.8. The number of carbonyl (C=O) groups excluding carboxylic acids is 4. The lowest BCUT2D eigenvalue weighted by molar-refractivity contribution is -0.137. The predicted octanol–water partition coefficient (Wildman–Crippen LogP) is 8.50. The first kappa shape index (κ1) is 45.2. The van der Waals surface area contributed by atoms with Crippen molar-refractivity contribution < 1.29 is 42.2 Å². The van der Waals surface area contributed by atoms with Crippen LogP contribution in [0.5, 0.6) is 0 Å². The largest absolute Gasteiger partial charge is 0.453 e. The molecule has 4 N–H and O–H groups in total. The minimum Gasteiger partial charge on any atom is -0.453 e. The molecule has 2 aliphatic carbocycles. The van der Waals surface area contributed by atoms with E-state index in [4.69, 9.17) is 24.2 Å². The van der Waals surface area contributed by atoms with Crippen LogP contribution in [-0.2, 0) is 29.7 Å². The van der Waals surface area contributed by atoms with E-state index in [1.54, 1.807) is 40.4 Å². The minimum absolute atomic E-state index is 0.0115. The van der Waals surface area contributed by atoms with Gasteiger partial charge in [0.05, 0.1) is 50.1 Å². The van der Waals surface area contributed by atoms with Gasteiger partial charge in [0.25, 0.3) is 5.92 Å². The number of aromatic nitrogens is 4. The van der Waals surface area contributed by atoms with Crippen LogP contribution in [0.15, 0.2) is 73.1 Å². The number of rotatable bonds is 11. The van der Waals surface area contributed by atoms with Gasteiger partial charge in [-0.3, -0.25) is 9.59 Å². The maximum absolute atomic E-state index is 16.6. The van der Waals surface area contributed by atoms with E-state index >= 15 is 8.78 Å². The number of carbonyl (C=O) groups is 4. The van der Waals surface area contributed by atoms with Crippen molar-refractivity contribution >= 4 is 24.0 Å². The number of H-pyrrole nitrogens is 2. The van der Waals surface area contributed by atoms with Crippen molar-refractivity contribution in [2.75, 3.05) is 40.5 Å². The number of ether oxygens (including phenoxy) is 3. The second kappa shape index (κ2) is 17.8. The molecule has 2 aromatic heterocycles. The van der Waals surface area contributed by atoms with Crippen LogP contribution in [-0.4, -0.2) is 106 Å². The molecule has 3 aromatic carbocycles. The van der Waals surface area contributed by atoms with E-state index < -0.39 is 30.2 Å². The zero-order valence-electron chi connectivity index (χ0n) is 38.6. The average molecular weight is 931 g/mol. The minimum atomic E-state index is -3.27. The molecule has 15 nitrogen and oxygen atoms in total. The summed E-state index contributed by atoms with van der Waals surface area (Å²) in [6.45, 7) is 5.90. The molecule has 68 heavy (non-hydrogen) atoms. The summed E-state index contributed by atoms with van der Waals surface area (Å²) in [5.74, 6) is -2.66. The smallest absolute Gasteiger partial charge is 0.407 e.